The molecule has 1 aromatic heterocycles. The summed E-state index contributed by atoms with van der Waals surface area (Å²) >= 11 is 0. The number of alkyl halides is 3. The molecule has 0 saturated carbocycles. The normalized spacial score (nSPS) is 18.7. The molecule has 2 aromatic rings. The van der Waals surface area contributed by atoms with Crippen LogP contribution in [0.3, 0.4) is 0 Å². The second-order valence-corrected chi connectivity index (χ2v) is 6.64. The third-order valence-electron chi connectivity index (χ3n) is 4.57. The number of hydrogen-bond acceptors (Lipinski definition) is 4. The van der Waals surface area contributed by atoms with E-state index in [2.05, 4.69) is 32.3 Å². The summed E-state index contributed by atoms with van der Waals surface area (Å²) in [5.74, 6) is 0.0518. The monoisotopic (exact) mass is 364 g/mol. The van der Waals surface area contributed by atoms with Crippen LogP contribution in [0.5, 0.6) is 0 Å². The van der Waals surface area contributed by atoms with Gasteiger partial charge in [0.15, 0.2) is 0 Å². The van der Waals surface area contributed by atoms with E-state index in [4.69, 9.17) is 0 Å². The molecule has 1 aliphatic heterocycles. The molecule has 7 heteroatoms. The highest BCUT2D eigenvalue weighted by Crippen LogP contribution is 2.27. The van der Waals surface area contributed by atoms with Gasteiger partial charge < -0.3 is 10.2 Å². The third kappa shape index (κ3) is 5.42. The first-order valence-corrected chi connectivity index (χ1v) is 8.94. The Kier molecular flexibility index (Phi) is 6.08. The first kappa shape index (κ1) is 18.6. The van der Waals surface area contributed by atoms with Crippen LogP contribution in [0, 0.1) is 0 Å². The van der Waals surface area contributed by atoms with Crippen LogP contribution in [-0.4, -0.2) is 40.5 Å². The van der Waals surface area contributed by atoms with Gasteiger partial charge >= 0.3 is 6.18 Å². The lowest BCUT2D eigenvalue weighted by molar-refractivity contribution is -0.141. The highest BCUT2D eigenvalue weighted by molar-refractivity contribution is 5.28. The predicted molar refractivity (Wildman–Crippen MR) is 94.9 cm³/mol. The first-order chi connectivity index (χ1) is 12.5. The van der Waals surface area contributed by atoms with E-state index in [0.717, 1.165) is 57.6 Å². The molecule has 0 radical (unpaired) electrons. The Morgan fingerprint density at radius 1 is 1.15 bits per heavy atom. The van der Waals surface area contributed by atoms with Crippen LogP contribution in [0.15, 0.2) is 42.6 Å². The van der Waals surface area contributed by atoms with Crippen molar-refractivity contribution >= 4 is 5.95 Å². The van der Waals surface area contributed by atoms with Gasteiger partial charge in [0.2, 0.25) is 5.95 Å². The minimum atomic E-state index is -4.45. The standard InChI is InChI=1S/C19H23F3N4/c20-19(21,22)17-10-11-23-18(25-17)24-16-9-5-13-26(14-16)12-4-8-15-6-2-1-3-7-15/h1-3,6-7,10-11,16H,4-5,8-9,12-14H2,(H,23,24,25)/t16-/m1/s1. The van der Waals surface area contributed by atoms with Crippen molar-refractivity contribution in [1.82, 2.24) is 14.9 Å². The van der Waals surface area contributed by atoms with E-state index in [9.17, 15) is 13.2 Å². The largest absolute Gasteiger partial charge is 0.433 e. The molecule has 1 aromatic carbocycles. The Bertz CT molecular complexity index is 691. The smallest absolute Gasteiger partial charge is 0.350 e. The maximum atomic E-state index is 12.8. The molecule has 1 N–H and O–H groups in total. The number of piperidine rings is 1. The van der Waals surface area contributed by atoms with Crippen molar-refractivity contribution in [3.63, 3.8) is 0 Å². The van der Waals surface area contributed by atoms with Crippen molar-refractivity contribution < 1.29 is 13.2 Å². The third-order valence-corrected chi connectivity index (χ3v) is 4.57. The fraction of sp³-hybridized carbons (Fsp3) is 0.474. The zero-order valence-electron chi connectivity index (χ0n) is 14.5. The molecule has 1 aliphatic rings. The molecule has 4 nitrogen and oxygen atoms in total. The molecule has 140 valence electrons. The summed E-state index contributed by atoms with van der Waals surface area (Å²) in [5.41, 5.74) is 0.419. The number of nitrogens with one attached hydrogen (secondary N) is 1. The molecule has 2 heterocycles. The number of hydrogen-bond donors (Lipinski definition) is 1. The fourth-order valence-corrected chi connectivity index (χ4v) is 3.30. The average molecular weight is 364 g/mol. The molecule has 3 rings (SSSR count). The van der Waals surface area contributed by atoms with Gasteiger partial charge in [0.25, 0.3) is 0 Å². The average Bonchev–Trinajstić information content (AvgIpc) is 2.63. The predicted octanol–water partition coefficient (Wildman–Crippen LogP) is 4.00. The molecular formula is C19H23F3N4. The minimum Gasteiger partial charge on any atom is -0.350 e. The van der Waals surface area contributed by atoms with E-state index >= 15 is 0 Å². The Morgan fingerprint density at radius 2 is 1.96 bits per heavy atom. The summed E-state index contributed by atoms with van der Waals surface area (Å²) < 4.78 is 38.3. The number of benzene rings is 1. The van der Waals surface area contributed by atoms with E-state index in [1.165, 1.54) is 5.56 Å². The maximum Gasteiger partial charge on any atom is 0.433 e. The SMILES string of the molecule is FC(F)(F)c1ccnc(N[C@@H]2CCCN(CCCc3ccccc3)C2)n1. The zero-order valence-corrected chi connectivity index (χ0v) is 14.5. The van der Waals surface area contributed by atoms with E-state index < -0.39 is 11.9 Å². The van der Waals surface area contributed by atoms with Gasteiger partial charge in [-0.25, -0.2) is 9.97 Å². The molecule has 1 saturated heterocycles. The van der Waals surface area contributed by atoms with Crippen molar-refractivity contribution in [2.75, 3.05) is 25.0 Å². The van der Waals surface area contributed by atoms with Crippen molar-refractivity contribution in [1.29, 1.82) is 0 Å². The quantitative estimate of drug-likeness (QED) is 0.841. The Balaban J connectivity index is 1.49. The Hall–Kier alpha value is -2.15. The topological polar surface area (TPSA) is 41.1 Å². The molecule has 0 unspecified atom stereocenters. The number of halogens is 3. The van der Waals surface area contributed by atoms with Crippen molar-refractivity contribution in [2.24, 2.45) is 0 Å². The number of likely N-dealkylation sites (tertiary alicyclic amines) is 1. The summed E-state index contributed by atoms with van der Waals surface area (Å²) in [5, 5.41) is 3.07. The number of aryl methyl sites for hydroxylation is 1. The van der Waals surface area contributed by atoms with Gasteiger partial charge in [0.1, 0.15) is 5.69 Å². The summed E-state index contributed by atoms with van der Waals surface area (Å²) in [6.45, 7) is 2.81. The summed E-state index contributed by atoms with van der Waals surface area (Å²) in [6.07, 6.45) is 0.730. The van der Waals surface area contributed by atoms with Gasteiger partial charge in [-0.1, -0.05) is 30.3 Å². The zero-order chi connectivity index (χ0) is 18.4. The van der Waals surface area contributed by atoms with Gasteiger partial charge in [-0.05, 0) is 50.4 Å². The Labute approximate surface area is 151 Å². The van der Waals surface area contributed by atoms with Crippen molar-refractivity contribution in [3.8, 4) is 0 Å². The van der Waals surface area contributed by atoms with Gasteiger partial charge in [-0.2, -0.15) is 13.2 Å². The van der Waals surface area contributed by atoms with Crippen LogP contribution >= 0.6 is 0 Å². The molecule has 1 fully saturated rings. The summed E-state index contributed by atoms with van der Waals surface area (Å²) in [4.78, 5) is 9.89. The number of rotatable bonds is 6. The molecule has 0 spiro atoms. The van der Waals surface area contributed by atoms with Crippen LogP contribution in [0.25, 0.3) is 0 Å². The Morgan fingerprint density at radius 3 is 2.73 bits per heavy atom. The second kappa shape index (κ2) is 8.49. The van der Waals surface area contributed by atoms with Crippen molar-refractivity contribution in [3.05, 3.63) is 53.9 Å². The van der Waals surface area contributed by atoms with Gasteiger partial charge in [-0.15, -0.1) is 0 Å². The van der Waals surface area contributed by atoms with Gasteiger partial charge in [0.05, 0.1) is 0 Å². The minimum absolute atomic E-state index is 0.0518. The van der Waals surface area contributed by atoms with Crippen LogP contribution in [-0.2, 0) is 12.6 Å². The second-order valence-electron chi connectivity index (χ2n) is 6.64. The summed E-state index contributed by atoms with van der Waals surface area (Å²) in [6, 6.07) is 11.3. The van der Waals surface area contributed by atoms with Crippen molar-refractivity contribution in [2.45, 2.75) is 37.9 Å². The van der Waals surface area contributed by atoms with E-state index in [1.54, 1.807) is 0 Å². The highest BCUT2D eigenvalue weighted by atomic mass is 19.4. The van der Waals surface area contributed by atoms with E-state index in [-0.39, 0.29) is 12.0 Å². The van der Waals surface area contributed by atoms with Gasteiger partial charge in [0, 0.05) is 18.8 Å². The molecule has 0 aliphatic carbocycles. The lowest BCUT2D eigenvalue weighted by atomic mass is 10.0. The fourth-order valence-electron chi connectivity index (χ4n) is 3.30. The van der Waals surface area contributed by atoms with Crippen LogP contribution in [0.1, 0.15) is 30.5 Å². The summed E-state index contributed by atoms with van der Waals surface area (Å²) in [7, 11) is 0. The number of aromatic nitrogens is 2. The number of nitrogens with zero attached hydrogens (tertiary/aromatic N) is 3. The molecular weight excluding hydrogens is 341 g/mol. The lowest BCUT2D eigenvalue weighted by Gasteiger charge is -2.33. The molecule has 26 heavy (non-hydrogen) atoms. The van der Waals surface area contributed by atoms with Crippen LogP contribution < -0.4 is 5.32 Å². The number of anilines is 1. The molecule has 0 amide bonds. The lowest BCUT2D eigenvalue weighted by Crippen LogP contribution is -2.42. The van der Waals surface area contributed by atoms with E-state index in [1.807, 2.05) is 18.2 Å². The highest BCUT2D eigenvalue weighted by Gasteiger charge is 2.33. The van der Waals surface area contributed by atoms with Crippen LogP contribution in [0.4, 0.5) is 19.1 Å². The van der Waals surface area contributed by atoms with Crippen LogP contribution in [0.2, 0.25) is 0 Å². The molecule has 0 bridgehead atoms. The maximum absolute atomic E-state index is 12.8. The first-order valence-electron chi connectivity index (χ1n) is 8.94. The van der Waals surface area contributed by atoms with E-state index in [0.29, 0.717) is 0 Å². The van der Waals surface area contributed by atoms with Gasteiger partial charge in [-0.3, -0.25) is 0 Å². The molecule has 1 atom stereocenters.